The van der Waals surface area contributed by atoms with Crippen molar-refractivity contribution in [3.8, 4) is 0 Å². The number of hydrogen-bond donors (Lipinski definition) is 0. The lowest BCUT2D eigenvalue weighted by Gasteiger charge is -2.44. The van der Waals surface area contributed by atoms with Gasteiger partial charge in [-0.2, -0.15) is 0 Å². The minimum atomic E-state index is -7.22. The van der Waals surface area contributed by atoms with Gasteiger partial charge in [0.15, 0.2) is 75.6 Å². The third kappa shape index (κ3) is 9.69. The Bertz CT molecular complexity index is 3450. The smallest absolute Gasteiger partial charge is 0.201 e. The SMILES string of the molecule is Fc1c(F)c(F)c([B-](c2c(F)c(F)c(F)c(F)c2F)(c2c(F)c(F)c(F)c(F)c2F)c2c(F)c(F)c(F)c(F)c2F)c(F)c1F.O=C(C[P+](c1ccccc1)(c1ccccc1)c1ccccc1)c1ccc(C(=O)c2ccccc2)cc1. The van der Waals surface area contributed by atoms with Crippen LogP contribution in [0, 0.1) is 116 Å². The van der Waals surface area contributed by atoms with E-state index in [1.54, 1.807) is 36.4 Å². The van der Waals surface area contributed by atoms with Crippen molar-refractivity contribution in [2.45, 2.75) is 0 Å². The van der Waals surface area contributed by atoms with Crippen LogP contribution >= 0.6 is 7.26 Å². The van der Waals surface area contributed by atoms with Crippen molar-refractivity contribution in [3.63, 3.8) is 0 Å². The van der Waals surface area contributed by atoms with E-state index in [4.69, 9.17) is 0 Å². The molecule has 0 amide bonds. The quantitative estimate of drug-likeness (QED) is 0.0305. The molecule has 9 aromatic carbocycles. The molecule has 0 spiro atoms. The van der Waals surface area contributed by atoms with Crippen molar-refractivity contribution >= 4 is 62.7 Å². The minimum absolute atomic E-state index is 0.0469. The number of carbonyl (C=O) groups excluding carboxylic acids is 2. The van der Waals surface area contributed by atoms with E-state index in [1.165, 1.54) is 15.9 Å². The fourth-order valence-corrected chi connectivity index (χ4v) is 13.6. The van der Waals surface area contributed by atoms with Gasteiger partial charge in [0.25, 0.3) is 0 Å². The van der Waals surface area contributed by atoms with Gasteiger partial charge in [0.2, 0.25) is 5.78 Å². The Morgan fingerprint density at radius 3 is 0.704 bits per heavy atom. The predicted molar refractivity (Wildman–Crippen MR) is 260 cm³/mol. The van der Waals surface area contributed by atoms with Crippen LogP contribution in [-0.2, 0) is 0 Å². The van der Waals surface area contributed by atoms with Crippen molar-refractivity contribution < 1.29 is 97.4 Å². The Kier molecular flexibility index (Phi) is 16.5. The fourth-order valence-electron chi connectivity index (χ4n) is 9.51. The lowest BCUT2D eigenvalue weighted by molar-refractivity contribution is 0.101. The summed E-state index contributed by atoms with van der Waals surface area (Å²) in [5.41, 5.74) is -12.5. The Hall–Kier alpha value is -8.59. The van der Waals surface area contributed by atoms with Gasteiger partial charge in [0.05, 0.1) is 0 Å². The summed E-state index contributed by atoms with van der Waals surface area (Å²) in [5, 5.41) is 3.52. The molecule has 0 radical (unpaired) electrons. The van der Waals surface area contributed by atoms with Crippen LogP contribution in [0.25, 0.3) is 0 Å². The molecule has 0 aromatic heterocycles. The van der Waals surface area contributed by atoms with Gasteiger partial charge in [-0.25, -0.2) is 87.8 Å². The average Bonchev–Trinajstić information content (AvgIpc) is 3.65. The molecule has 9 aromatic rings. The second kappa shape index (κ2) is 22.9. The van der Waals surface area contributed by atoms with Crippen molar-refractivity contribution in [1.29, 1.82) is 0 Å². The van der Waals surface area contributed by atoms with Crippen LogP contribution in [0.15, 0.2) is 146 Å². The van der Waals surface area contributed by atoms with Crippen molar-refractivity contribution in [1.82, 2.24) is 0 Å². The van der Waals surface area contributed by atoms with Crippen molar-refractivity contribution in [3.05, 3.63) is 279 Å². The molecular formula is C57H26BF20O2P. The summed E-state index contributed by atoms with van der Waals surface area (Å²) in [5.74, 6) is -71.4. The largest absolute Gasteiger partial charge is 0.290 e. The number of Topliss-reactive ketones (excluding diaryl/α,β-unsaturated/α-hetero) is 1. The second-order valence-corrected chi connectivity index (χ2v) is 21.0. The lowest BCUT2D eigenvalue weighted by Crippen LogP contribution is -2.81. The standard InChI is InChI=1S/C33H26O2P.C24BF20/c34-32(26-21-23-28(24-22-26)33(35)27-13-5-1-6-14-27)25-36(29-15-7-2-8-16-29,30-17-9-3-10-18-30)31-19-11-4-12-20-31;26-5-1(6(27)14(35)21(42)13(5)34)25(2-7(28)15(36)22(43)16(37)8(2)29,3-9(30)17(38)23(44)18(39)10(3)31)4-11(32)19(40)24(45)20(41)12(4)33/h1-24H,25H2;/q+1;-1. The molecule has 0 saturated heterocycles. The van der Waals surface area contributed by atoms with Gasteiger partial charge in [0.1, 0.15) is 82.0 Å². The van der Waals surface area contributed by atoms with Gasteiger partial charge < -0.3 is 0 Å². The molecule has 0 aliphatic heterocycles. The second-order valence-electron chi connectivity index (χ2n) is 17.5. The Balaban J connectivity index is 0.000000217. The zero-order valence-electron chi connectivity index (χ0n) is 40.0. The number of carbonyl (C=O) groups is 2. The van der Waals surface area contributed by atoms with Gasteiger partial charge in [-0.05, 0) is 36.4 Å². The minimum Gasteiger partial charge on any atom is -0.290 e. The molecule has 24 heteroatoms. The van der Waals surface area contributed by atoms with Gasteiger partial charge in [0, 0.05) is 16.7 Å². The molecule has 0 unspecified atom stereocenters. The lowest BCUT2D eigenvalue weighted by atomic mass is 9.12. The molecule has 0 N–H and O–H groups in total. The number of halogens is 20. The normalized spacial score (nSPS) is 11.6. The molecular weight excluding hydrogens is 1140 g/mol. The topological polar surface area (TPSA) is 34.1 Å². The zero-order valence-corrected chi connectivity index (χ0v) is 40.9. The van der Waals surface area contributed by atoms with E-state index in [0.717, 1.165) is 0 Å². The molecule has 0 heterocycles. The van der Waals surface area contributed by atoms with Gasteiger partial charge in [-0.1, -0.05) is 109 Å². The van der Waals surface area contributed by atoms with E-state index in [2.05, 4.69) is 36.4 Å². The summed E-state index contributed by atoms with van der Waals surface area (Å²) in [6.07, 6.45) is -6.84. The first-order valence-electron chi connectivity index (χ1n) is 22.9. The Morgan fingerprint density at radius 1 is 0.259 bits per heavy atom. The molecule has 81 heavy (non-hydrogen) atoms. The molecule has 0 aliphatic rings. The first-order chi connectivity index (χ1) is 38.4. The third-order valence-electron chi connectivity index (χ3n) is 13.2. The van der Waals surface area contributed by atoms with Crippen LogP contribution in [0.2, 0.25) is 0 Å². The molecule has 0 bridgehead atoms. The van der Waals surface area contributed by atoms with E-state index in [9.17, 15) is 62.3 Å². The fraction of sp³-hybridized carbons (Fsp3) is 0.0175. The summed E-state index contributed by atoms with van der Waals surface area (Å²) in [6.45, 7) is 0. The molecule has 0 fully saturated rings. The van der Waals surface area contributed by atoms with E-state index in [1.807, 2.05) is 72.8 Å². The molecule has 9 rings (SSSR count). The van der Waals surface area contributed by atoms with Gasteiger partial charge >= 0.3 is 0 Å². The summed E-state index contributed by atoms with van der Waals surface area (Å²) < 4.78 is 294. The number of rotatable bonds is 12. The van der Waals surface area contributed by atoms with Gasteiger partial charge in [-0.3, -0.25) is 9.59 Å². The highest BCUT2D eigenvalue weighted by Gasteiger charge is 2.53. The monoisotopic (exact) mass is 1160 g/mol. The van der Waals surface area contributed by atoms with E-state index < -0.39 is 152 Å². The van der Waals surface area contributed by atoms with Crippen LogP contribution in [0.3, 0.4) is 0 Å². The number of benzene rings is 9. The summed E-state index contributed by atoms with van der Waals surface area (Å²) >= 11 is 0. The molecule has 0 atom stereocenters. The first-order valence-corrected chi connectivity index (χ1v) is 24.9. The molecule has 0 saturated carbocycles. The van der Waals surface area contributed by atoms with Crippen LogP contribution in [0.4, 0.5) is 87.8 Å². The first kappa shape index (κ1) is 58.6. The molecule has 414 valence electrons. The average molecular weight is 1160 g/mol. The highest BCUT2D eigenvalue weighted by molar-refractivity contribution is 7.96. The van der Waals surface area contributed by atoms with Crippen LogP contribution in [-0.4, -0.2) is 23.9 Å². The summed E-state index contributed by atoms with van der Waals surface area (Å²) in [6, 6.07) is 47.5. The number of hydrogen-bond acceptors (Lipinski definition) is 2. The predicted octanol–water partition coefficient (Wildman–Crippen LogP) is 11.9. The maximum atomic E-state index is 15.4. The van der Waals surface area contributed by atoms with Crippen LogP contribution < -0.4 is 37.8 Å². The molecule has 0 aliphatic carbocycles. The highest BCUT2D eigenvalue weighted by atomic mass is 31.2. The van der Waals surface area contributed by atoms with E-state index >= 15 is 35.1 Å². The molecule has 2 nitrogen and oxygen atoms in total. The Labute approximate surface area is 443 Å². The highest BCUT2D eigenvalue weighted by Crippen LogP contribution is 2.55. The van der Waals surface area contributed by atoms with E-state index in [-0.39, 0.29) is 11.6 Å². The van der Waals surface area contributed by atoms with E-state index in [0.29, 0.717) is 22.9 Å². The van der Waals surface area contributed by atoms with Crippen LogP contribution in [0.5, 0.6) is 0 Å². The van der Waals surface area contributed by atoms with Gasteiger partial charge in [-0.15, -0.1) is 21.9 Å². The number of ketones is 2. The summed E-state index contributed by atoms with van der Waals surface area (Å²) in [4.78, 5) is 26.7. The van der Waals surface area contributed by atoms with Crippen molar-refractivity contribution in [2.75, 3.05) is 6.16 Å². The van der Waals surface area contributed by atoms with Crippen LogP contribution in [0.1, 0.15) is 26.3 Å². The maximum Gasteiger partial charge on any atom is 0.201 e. The zero-order chi connectivity index (χ0) is 59.2. The maximum absolute atomic E-state index is 15.4. The van der Waals surface area contributed by atoms with Crippen molar-refractivity contribution in [2.24, 2.45) is 0 Å². The summed E-state index contributed by atoms with van der Waals surface area (Å²) in [7, 11) is -2.27. The Morgan fingerprint density at radius 2 is 0.457 bits per heavy atom. The third-order valence-corrected chi connectivity index (χ3v) is 17.5.